The Morgan fingerprint density at radius 2 is 2.13 bits per heavy atom. The molecule has 1 heterocycles. The van der Waals surface area contributed by atoms with E-state index in [4.69, 9.17) is 6.42 Å². The molecule has 1 aliphatic carbocycles. The van der Waals surface area contributed by atoms with Crippen LogP contribution in [0.15, 0.2) is 30.5 Å². The number of nitrogens with one attached hydrogen (secondary N) is 2. The third kappa shape index (κ3) is 5.17. The molecule has 0 spiro atoms. The largest absolute Gasteiger partial charge is 0.327 e. The Hall–Kier alpha value is -2.89. The van der Waals surface area contributed by atoms with Gasteiger partial charge in [0.15, 0.2) is 5.82 Å². The van der Waals surface area contributed by atoms with Crippen molar-refractivity contribution in [1.29, 1.82) is 0 Å². The van der Waals surface area contributed by atoms with E-state index in [2.05, 4.69) is 27.3 Å². The van der Waals surface area contributed by atoms with Gasteiger partial charge >= 0.3 is 0 Å². The Labute approximate surface area is 177 Å². The fraction of sp³-hybridized carbons (Fsp3) is 0.364. The number of aromatic amines is 1. The summed E-state index contributed by atoms with van der Waals surface area (Å²) >= 11 is 0. The van der Waals surface area contributed by atoms with Gasteiger partial charge in [-0.05, 0) is 55.4 Å². The molecule has 2 aromatic rings. The average Bonchev–Trinajstić information content (AvgIpc) is 3.23. The molecule has 30 heavy (non-hydrogen) atoms. The van der Waals surface area contributed by atoms with Gasteiger partial charge < -0.3 is 10.3 Å². The third-order valence-corrected chi connectivity index (χ3v) is 6.95. The predicted molar refractivity (Wildman–Crippen MR) is 119 cm³/mol. The summed E-state index contributed by atoms with van der Waals surface area (Å²) in [6.45, 7) is 0. The molecule has 0 saturated heterocycles. The molecule has 0 bridgehead atoms. The minimum atomic E-state index is -3.28. The maximum absolute atomic E-state index is 12.6. The first-order valence-corrected chi connectivity index (χ1v) is 11.5. The summed E-state index contributed by atoms with van der Waals surface area (Å²) in [4.78, 5) is 19.4. The molecule has 1 amide bonds. The van der Waals surface area contributed by atoms with Crippen LogP contribution in [0.5, 0.6) is 0 Å². The van der Waals surface area contributed by atoms with Gasteiger partial charge in [0.2, 0.25) is 10.0 Å². The van der Waals surface area contributed by atoms with E-state index in [1.807, 2.05) is 18.2 Å². The lowest BCUT2D eigenvalue weighted by Crippen LogP contribution is -2.26. The minimum absolute atomic E-state index is 0.0332. The van der Waals surface area contributed by atoms with Crippen LogP contribution < -0.4 is 5.32 Å². The fourth-order valence-electron chi connectivity index (χ4n) is 3.33. The van der Waals surface area contributed by atoms with E-state index in [-0.39, 0.29) is 17.5 Å². The molecule has 3 rings (SSSR count). The van der Waals surface area contributed by atoms with E-state index in [1.165, 1.54) is 24.6 Å². The number of allylic oxidation sites excluding steroid dienone is 2. The fourth-order valence-corrected chi connectivity index (χ4v) is 4.18. The molecule has 1 aliphatic rings. The van der Waals surface area contributed by atoms with E-state index in [9.17, 15) is 13.2 Å². The average molecular weight is 427 g/mol. The second-order valence-corrected chi connectivity index (χ2v) is 9.75. The number of amides is 1. The molecular formula is C22H26N4O3S. The number of H-pyrrole nitrogens is 1. The monoisotopic (exact) mass is 426 g/mol. The molecule has 0 unspecified atom stereocenters. The highest BCUT2D eigenvalue weighted by molar-refractivity contribution is 7.89. The first kappa shape index (κ1) is 21.8. The predicted octanol–water partition coefficient (Wildman–Crippen LogP) is 3.03. The number of hydrogen-bond donors (Lipinski definition) is 2. The molecule has 0 fully saturated rings. The number of benzene rings is 1. The number of aryl methyl sites for hydroxylation is 1. The molecule has 1 aromatic heterocycles. The smallest absolute Gasteiger partial charge is 0.291 e. The highest BCUT2D eigenvalue weighted by Gasteiger charge is 2.18. The zero-order valence-electron chi connectivity index (χ0n) is 17.2. The van der Waals surface area contributed by atoms with E-state index in [1.54, 1.807) is 0 Å². The van der Waals surface area contributed by atoms with Gasteiger partial charge in [0.25, 0.3) is 5.91 Å². The van der Waals surface area contributed by atoms with Crippen molar-refractivity contribution in [2.24, 2.45) is 0 Å². The van der Waals surface area contributed by atoms with Gasteiger partial charge in [-0.3, -0.25) is 4.79 Å². The third-order valence-electron chi connectivity index (χ3n) is 5.12. The second-order valence-electron chi connectivity index (χ2n) is 7.45. The van der Waals surface area contributed by atoms with Crippen LogP contribution in [0.3, 0.4) is 0 Å². The van der Waals surface area contributed by atoms with Gasteiger partial charge in [-0.15, -0.1) is 6.42 Å². The van der Waals surface area contributed by atoms with Crippen LogP contribution >= 0.6 is 0 Å². The summed E-state index contributed by atoms with van der Waals surface area (Å²) in [5, 5.41) is 2.91. The second kappa shape index (κ2) is 9.28. The topological polar surface area (TPSA) is 95.2 Å². The van der Waals surface area contributed by atoms with Crippen molar-refractivity contribution in [1.82, 2.24) is 14.3 Å². The van der Waals surface area contributed by atoms with Gasteiger partial charge in [0.05, 0.1) is 11.9 Å². The van der Waals surface area contributed by atoms with Crippen LogP contribution in [0.4, 0.5) is 5.69 Å². The van der Waals surface area contributed by atoms with E-state index < -0.39 is 10.0 Å². The van der Waals surface area contributed by atoms with Crippen LogP contribution in [0, 0.1) is 12.3 Å². The summed E-state index contributed by atoms with van der Waals surface area (Å²) in [5.41, 5.74) is 4.11. The normalized spacial score (nSPS) is 14.3. The molecule has 0 radical (unpaired) electrons. The highest BCUT2D eigenvalue weighted by Crippen LogP contribution is 2.33. The Morgan fingerprint density at radius 1 is 1.33 bits per heavy atom. The van der Waals surface area contributed by atoms with Crippen LogP contribution in [0.1, 0.15) is 53.1 Å². The lowest BCUT2D eigenvalue weighted by Gasteiger charge is -2.18. The van der Waals surface area contributed by atoms with Crippen molar-refractivity contribution < 1.29 is 13.2 Å². The van der Waals surface area contributed by atoms with Crippen molar-refractivity contribution in [2.45, 2.75) is 32.1 Å². The van der Waals surface area contributed by atoms with Crippen LogP contribution in [0.2, 0.25) is 0 Å². The molecule has 2 N–H and O–H groups in total. The van der Waals surface area contributed by atoms with Gasteiger partial charge in [-0.25, -0.2) is 17.7 Å². The number of imidazole rings is 1. The number of aromatic nitrogens is 2. The lowest BCUT2D eigenvalue weighted by atomic mass is 9.91. The zero-order valence-corrected chi connectivity index (χ0v) is 18.1. The summed E-state index contributed by atoms with van der Waals surface area (Å²) < 4.78 is 25.5. The van der Waals surface area contributed by atoms with Crippen LogP contribution in [-0.4, -0.2) is 48.4 Å². The van der Waals surface area contributed by atoms with Gasteiger partial charge in [0, 0.05) is 25.3 Å². The first-order valence-electron chi connectivity index (χ1n) is 9.85. The van der Waals surface area contributed by atoms with Crippen molar-refractivity contribution in [3.8, 4) is 12.3 Å². The maximum atomic E-state index is 12.6. The number of carbonyl (C=O) groups excluding carboxylic acids is 1. The maximum Gasteiger partial charge on any atom is 0.291 e. The van der Waals surface area contributed by atoms with E-state index in [0.29, 0.717) is 17.8 Å². The number of rotatable bonds is 7. The molecule has 158 valence electrons. The van der Waals surface area contributed by atoms with Gasteiger partial charge in [-0.1, -0.05) is 18.1 Å². The quantitative estimate of drug-likeness (QED) is 0.665. The highest BCUT2D eigenvalue weighted by atomic mass is 32.2. The summed E-state index contributed by atoms with van der Waals surface area (Å²) in [7, 11) is -0.211. The van der Waals surface area contributed by atoms with Crippen LogP contribution in [-0.2, 0) is 16.4 Å². The van der Waals surface area contributed by atoms with Crippen LogP contribution in [0.25, 0.3) is 5.57 Å². The number of nitrogens with zero attached hydrogens (tertiary/aromatic N) is 2. The number of anilines is 1. The number of hydrogen-bond acceptors (Lipinski definition) is 4. The summed E-state index contributed by atoms with van der Waals surface area (Å²) in [6, 6.07) is 5.65. The Kier molecular flexibility index (Phi) is 6.75. The van der Waals surface area contributed by atoms with E-state index in [0.717, 1.165) is 42.4 Å². The standard InChI is InChI=1S/C22H26N4O3S/c1-4-18-15-23-21(24-18)22(27)25-20-11-10-16(12-13-30(28,29)26(2)3)14-19(20)17-8-6-5-7-9-17/h1,8,10-11,14-15H,5-7,9,12-13H2,2-3H3,(H,23,24)(H,25,27). The SMILES string of the molecule is C#Cc1cnc(C(=O)Nc2ccc(CCS(=O)(=O)N(C)C)cc2C2=CCCCC2)[nH]1. The molecule has 0 saturated carbocycles. The van der Waals surface area contributed by atoms with E-state index >= 15 is 0 Å². The minimum Gasteiger partial charge on any atom is -0.327 e. The van der Waals surface area contributed by atoms with Gasteiger partial charge in [0.1, 0.15) is 5.69 Å². The molecule has 8 heteroatoms. The molecule has 0 aliphatic heterocycles. The number of sulfonamides is 1. The van der Waals surface area contributed by atoms with Crippen molar-refractivity contribution in [3.05, 3.63) is 53.1 Å². The summed E-state index contributed by atoms with van der Waals surface area (Å²) in [6.07, 6.45) is 13.5. The number of terminal acetylenes is 1. The summed E-state index contributed by atoms with van der Waals surface area (Å²) in [5.74, 6) is 2.21. The Balaban J connectivity index is 1.87. The Morgan fingerprint density at radius 3 is 2.77 bits per heavy atom. The molecule has 1 aromatic carbocycles. The molecule has 0 atom stereocenters. The first-order chi connectivity index (χ1) is 14.3. The van der Waals surface area contributed by atoms with Crippen molar-refractivity contribution >= 4 is 27.2 Å². The molecule has 7 nitrogen and oxygen atoms in total. The van der Waals surface area contributed by atoms with Crippen molar-refractivity contribution in [3.63, 3.8) is 0 Å². The Bertz CT molecular complexity index is 1110. The number of carbonyl (C=O) groups is 1. The van der Waals surface area contributed by atoms with Gasteiger partial charge in [-0.2, -0.15) is 0 Å². The van der Waals surface area contributed by atoms with Crippen molar-refractivity contribution in [2.75, 3.05) is 25.2 Å². The lowest BCUT2D eigenvalue weighted by molar-refractivity contribution is 0.101. The molecular weight excluding hydrogens is 400 g/mol. The zero-order chi connectivity index (χ0) is 21.7.